The molecule has 136 valence electrons. The molecule has 0 unspecified atom stereocenters. The first-order valence-corrected chi connectivity index (χ1v) is 9.49. The summed E-state index contributed by atoms with van der Waals surface area (Å²) >= 11 is 1.49. The number of nitrogens with zero attached hydrogens (tertiary/aromatic N) is 5. The number of halogens is 1. The Hall–Kier alpha value is -2.48. The molecule has 1 aromatic carbocycles. The van der Waals surface area contributed by atoms with Crippen LogP contribution in [0.2, 0.25) is 0 Å². The lowest BCUT2D eigenvalue weighted by Gasteiger charge is -2.34. The van der Waals surface area contributed by atoms with Crippen LogP contribution in [-0.2, 0) is 0 Å². The zero-order valence-corrected chi connectivity index (χ0v) is 15.5. The van der Waals surface area contributed by atoms with E-state index in [9.17, 15) is 9.18 Å². The highest BCUT2D eigenvalue weighted by Crippen LogP contribution is 2.30. The van der Waals surface area contributed by atoms with Gasteiger partial charge in [0, 0.05) is 38.4 Å². The Kier molecular flexibility index (Phi) is 4.36. The molecule has 3 heterocycles. The van der Waals surface area contributed by atoms with Crippen molar-refractivity contribution in [3.63, 3.8) is 0 Å². The summed E-state index contributed by atoms with van der Waals surface area (Å²) in [6, 6.07) is 6.93. The van der Waals surface area contributed by atoms with Gasteiger partial charge in [0.05, 0.1) is 4.70 Å². The third-order valence-corrected chi connectivity index (χ3v) is 5.66. The van der Waals surface area contributed by atoms with Gasteiger partial charge < -0.3 is 9.80 Å². The lowest BCUT2D eigenvalue weighted by atomic mass is 10.2. The zero-order chi connectivity index (χ0) is 18.3. The highest BCUT2D eigenvalue weighted by molar-refractivity contribution is 7.22. The van der Waals surface area contributed by atoms with Gasteiger partial charge in [0.15, 0.2) is 5.13 Å². The van der Waals surface area contributed by atoms with Gasteiger partial charge in [-0.2, -0.15) is 5.10 Å². The number of hydrogen-bond acceptors (Lipinski definition) is 5. The highest BCUT2D eigenvalue weighted by Gasteiger charge is 2.26. The van der Waals surface area contributed by atoms with Gasteiger partial charge in [-0.25, -0.2) is 9.37 Å². The van der Waals surface area contributed by atoms with Crippen molar-refractivity contribution >= 4 is 32.6 Å². The number of piperazine rings is 1. The highest BCUT2D eigenvalue weighted by atomic mass is 32.1. The maximum absolute atomic E-state index is 13.9. The predicted molar refractivity (Wildman–Crippen MR) is 100 cm³/mol. The van der Waals surface area contributed by atoms with E-state index in [0.717, 1.165) is 9.83 Å². The van der Waals surface area contributed by atoms with E-state index in [1.54, 1.807) is 23.0 Å². The van der Waals surface area contributed by atoms with Crippen LogP contribution in [0, 0.1) is 5.82 Å². The molecule has 2 aromatic heterocycles. The molecular weight excluding hydrogens is 353 g/mol. The minimum atomic E-state index is -0.291. The topological polar surface area (TPSA) is 54.3 Å². The van der Waals surface area contributed by atoms with Crippen molar-refractivity contribution in [3.8, 4) is 0 Å². The smallest absolute Gasteiger partial charge is 0.272 e. The number of hydrogen-bond donors (Lipinski definition) is 0. The minimum absolute atomic E-state index is 0.00574. The van der Waals surface area contributed by atoms with Crippen LogP contribution < -0.4 is 4.90 Å². The summed E-state index contributed by atoms with van der Waals surface area (Å²) < 4.78 is 16.5. The normalized spacial score (nSPS) is 15.2. The Balaban J connectivity index is 1.47. The fraction of sp³-hybridized carbons (Fsp3) is 0.389. The maximum Gasteiger partial charge on any atom is 0.272 e. The van der Waals surface area contributed by atoms with Crippen LogP contribution >= 0.6 is 11.3 Å². The number of carbonyl (C=O) groups is 1. The minimum Gasteiger partial charge on any atom is -0.345 e. The first-order chi connectivity index (χ1) is 12.5. The molecule has 1 aliphatic rings. The quantitative estimate of drug-likeness (QED) is 0.708. The van der Waals surface area contributed by atoms with Crippen molar-refractivity contribution in [3.05, 3.63) is 42.0 Å². The average molecular weight is 373 g/mol. The van der Waals surface area contributed by atoms with E-state index in [2.05, 4.69) is 15.0 Å². The first kappa shape index (κ1) is 17.0. The summed E-state index contributed by atoms with van der Waals surface area (Å²) in [4.78, 5) is 21.2. The van der Waals surface area contributed by atoms with E-state index < -0.39 is 0 Å². The van der Waals surface area contributed by atoms with Crippen LogP contribution in [0.1, 0.15) is 30.4 Å². The second-order valence-electron chi connectivity index (χ2n) is 6.62. The molecule has 26 heavy (non-hydrogen) atoms. The largest absolute Gasteiger partial charge is 0.345 e. The number of amides is 1. The molecule has 4 rings (SSSR count). The van der Waals surface area contributed by atoms with E-state index in [0.29, 0.717) is 37.4 Å². The summed E-state index contributed by atoms with van der Waals surface area (Å²) in [7, 11) is 0. The molecule has 1 fully saturated rings. The average Bonchev–Trinajstić information content (AvgIpc) is 3.29. The number of benzene rings is 1. The van der Waals surface area contributed by atoms with E-state index in [1.807, 2.05) is 24.8 Å². The van der Waals surface area contributed by atoms with Crippen molar-refractivity contribution in [2.45, 2.75) is 19.9 Å². The number of carbonyl (C=O) groups excluding carboxylic acids is 1. The van der Waals surface area contributed by atoms with Crippen LogP contribution in [0.3, 0.4) is 0 Å². The molecule has 1 amide bonds. The third kappa shape index (κ3) is 2.94. The second kappa shape index (κ2) is 6.68. The zero-order valence-electron chi connectivity index (χ0n) is 14.7. The van der Waals surface area contributed by atoms with Gasteiger partial charge in [0.25, 0.3) is 5.91 Å². The van der Waals surface area contributed by atoms with Crippen LogP contribution in [0.15, 0.2) is 30.5 Å². The van der Waals surface area contributed by atoms with Crippen molar-refractivity contribution in [1.82, 2.24) is 19.7 Å². The third-order valence-electron chi connectivity index (χ3n) is 4.57. The lowest BCUT2D eigenvalue weighted by molar-refractivity contribution is 0.0732. The van der Waals surface area contributed by atoms with Gasteiger partial charge in [-0.15, -0.1) is 0 Å². The van der Waals surface area contributed by atoms with Gasteiger partial charge >= 0.3 is 0 Å². The van der Waals surface area contributed by atoms with Gasteiger partial charge in [-0.1, -0.05) is 17.4 Å². The Morgan fingerprint density at radius 3 is 2.65 bits per heavy atom. The molecule has 0 spiro atoms. The summed E-state index contributed by atoms with van der Waals surface area (Å²) in [6.07, 6.45) is 1.67. The van der Waals surface area contributed by atoms with Gasteiger partial charge in [-0.3, -0.25) is 9.48 Å². The van der Waals surface area contributed by atoms with Gasteiger partial charge in [-0.05, 0) is 32.0 Å². The molecule has 0 radical (unpaired) electrons. The molecule has 1 saturated heterocycles. The van der Waals surface area contributed by atoms with Crippen molar-refractivity contribution < 1.29 is 9.18 Å². The summed E-state index contributed by atoms with van der Waals surface area (Å²) in [6.45, 7) is 6.61. The lowest BCUT2D eigenvalue weighted by Crippen LogP contribution is -2.49. The second-order valence-corrected chi connectivity index (χ2v) is 7.63. The number of fused-ring (bicyclic) bond motifs is 1. The molecule has 0 saturated carbocycles. The predicted octanol–water partition coefficient (Wildman–Crippen LogP) is 3.18. The number of aromatic nitrogens is 3. The summed E-state index contributed by atoms with van der Waals surface area (Å²) in [5, 5.41) is 5.05. The molecule has 3 aromatic rings. The Morgan fingerprint density at radius 2 is 1.96 bits per heavy atom. The first-order valence-electron chi connectivity index (χ1n) is 8.67. The molecular formula is C18H20FN5OS. The summed E-state index contributed by atoms with van der Waals surface area (Å²) in [5.74, 6) is -0.285. The number of rotatable bonds is 3. The molecule has 1 aliphatic heterocycles. The standard InChI is InChI=1S/C18H20FN5OS/c1-12(2)24-14(6-7-20-24)17(25)22-8-10-23(11-9-22)18-21-16-13(19)4-3-5-15(16)26-18/h3-7,12H,8-11H2,1-2H3. The van der Waals surface area contributed by atoms with Crippen LogP contribution in [0.5, 0.6) is 0 Å². The molecule has 0 N–H and O–H groups in total. The van der Waals surface area contributed by atoms with Crippen molar-refractivity contribution in [2.24, 2.45) is 0 Å². The van der Waals surface area contributed by atoms with Crippen LogP contribution in [-0.4, -0.2) is 51.8 Å². The summed E-state index contributed by atoms with van der Waals surface area (Å²) in [5.41, 5.74) is 1.04. The number of para-hydroxylation sites is 1. The molecule has 0 atom stereocenters. The Bertz CT molecular complexity index is 942. The van der Waals surface area contributed by atoms with Gasteiger partial charge in [0.2, 0.25) is 0 Å². The Morgan fingerprint density at radius 1 is 1.19 bits per heavy atom. The van der Waals surface area contributed by atoms with E-state index in [1.165, 1.54) is 17.4 Å². The van der Waals surface area contributed by atoms with E-state index in [4.69, 9.17) is 0 Å². The number of thiazole rings is 1. The molecule has 8 heteroatoms. The van der Waals surface area contributed by atoms with E-state index in [-0.39, 0.29) is 17.8 Å². The van der Waals surface area contributed by atoms with Crippen molar-refractivity contribution in [1.29, 1.82) is 0 Å². The van der Waals surface area contributed by atoms with Crippen LogP contribution in [0.25, 0.3) is 10.2 Å². The van der Waals surface area contributed by atoms with Crippen molar-refractivity contribution in [2.75, 3.05) is 31.1 Å². The molecule has 6 nitrogen and oxygen atoms in total. The van der Waals surface area contributed by atoms with Crippen LogP contribution in [0.4, 0.5) is 9.52 Å². The van der Waals surface area contributed by atoms with E-state index >= 15 is 0 Å². The Labute approximate surface area is 154 Å². The fourth-order valence-corrected chi connectivity index (χ4v) is 4.23. The maximum atomic E-state index is 13.9. The SMILES string of the molecule is CC(C)n1nccc1C(=O)N1CCN(c2nc3c(F)cccc3s2)CC1. The molecule has 0 bridgehead atoms. The fourth-order valence-electron chi connectivity index (χ4n) is 3.20. The van der Waals surface area contributed by atoms with Gasteiger partial charge in [0.1, 0.15) is 17.0 Å². The monoisotopic (exact) mass is 373 g/mol. The number of anilines is 1. The molecule has 0 aliphatic carbocycles.